The Bertz CT molecular complexity index is 851. The Morgan fingerprint density at radius 1 is 1.25 bits per heavy atom. The number of aryl methyl sites for hydroxylation is 1. The van der Waals surface area contributed by atoms with Crippen LogP contribution in [-0.4, -0.2) is 43.0 Å². The SMILES string of the molecule is Cc1cccc(Nc2cc(N(C)C3CCS(=O)(=O)C3)ncn2)c1C. The minimum Gasteiger partial charge on any atom is -0.355 e. The van der Waals surface area contributed by atoms with E-state index < -0.39 is 9.84 Å². The first-order chi connectivity index (χ1) is 11.4. The molecule has 7 heteroatoms. The van der Waals surface area contributed by atoms with Crippen molar-refractivity contribution < 1.29 is 8.42 Å². The van der Waals surface area contributed by atoms with Crippen LogP contribution in [0.5, 0.6) is 0 Å². The number of nitrogens with zero attached hydrogens (tertiary/aromatic N) is 3. The molecule has 0 bridgehead atoms. The van der Waals surface area contributed by atoms with Crippen LogP contribution in [-0.2, 0) is 9.84 Å². The maximum atomic E-state index is 11.7. The Morgan fingerprint density at radius 3 is 2.75 bits per heavy atom. The molecule has 0 spiro atoms. The summed E-state index contributed by atoms with van der Waals surface area (Å²) >= 11 is 0. The maximum absolute atomic E-state index is 11.7. The second-order valence-electron chi connectivity index (χ2n) is 6.30. The van der Waals surface area contributed by atoms with E-state index in [1.807, 2.05) is 30.1 Å². The number of benzene rings is 1. The van der Waals surface area contributed by atoms with E-state index in [9.17, 15) is 8.42 Å². The summed E-state index contributed by atoms with van der Waals surface area (Å²) < 4.78 is 23.4. The fraction of sp³-hybridized carbons (Fsp3) is 0.412. The van der Waals surface area contributed by atoms with E-state index in [4.69, 9.17) is 0 Å². The van der Waals surface area contributed by atoms with Crippen LogP contribution in [0, 0.1) is 13.8 Å². The van der Waals surface area contributed by atoms with Crippen LogP contribution < -0.4 is 10.2 Å². The standard InChI is InChI=1S/C17H22N4O2S/c1-12-5-4-6-15(13(12)2)20-16-9-17(19-11-18-16)21(3)14-7-8-24(22,23)10-14/h4-6,9,11,14H,7-8,10H2,1-3H3,(H,18,19,20). The molecule has 6 nitrogen and oxygen atoms in total. The molecule has 1 fully saturated rings. The second kappa shape index (κ2) is 6.39. The number of anilines is 3. The van der Waals surface area contributed by atoms with Gasteiger partial charge in [-0.15, -0.1) is 0 Å². The molecule has 3 rings (SSSR count). The lowest BCUT2D eigenvalue weighted by Crippen LogP contribution is -2.33. The lowest BCUT2D eigenvalue weighted by Gasteiger charge is -2.24. The Morgan fingerprint density at radius 2 is 2.04 bits per heavy atom. The van der Waals surface area contributed by atoms with Gasteiger partial charge in [0.05, 0.1) is 11.5 Å². The molecule has 1 atom stereocenters. The molecule has 1 saturated heterocycles. The van der Waals surface area contributed by atoms with Crippen LogP contribution in [0.4, 0.5) is 17.3 Å². The number of nitrogens with one attached hydrogen (secondary N) is 1. The summed E-state index contributed by atoms with van der Waals surface area (Å²) in [6.45, 7) is 4.13. The zero-order valence-corrected chi connectivity index (χ0v) is 15.0. The van der Waals surface area contributed by atoms with Crippen LogP contribution in [0.25, 0.3) is 0 Å². The molecular formula is C17H22N4O2S. The summed E-state index contributed by atoms with van der Waals surface area (Å²) in [5.74, 6) is 1.86. The first-order valence-corrected chi connectivity index (χ1v) is 9.76. The first kappa shape index (κ1) is 16.7. The van der Waals surface area contributed by atoms with Gasteiger partial charge in [0.1, 0.15) is 18.0 Å². The van der Waals surface area contributed by atoms with Crippen LogP contribution in [0.15, 0.2) is 30.6 Å². The highest BCUT2D eigenvalue weighted by Gasteiger charge is 2.31. The van der Waals surface area contributed by atoms with Crippen LogP contribution in [0.1, 0.15) is 17.5 Å². The number of aromatic nitrogens is 2. The molecule has 0 saturated carbocycles. The van der Waals surface area contributed by atoms with E-state index in [1.54, 1.807) is 0 Å². The average molecular weight is 346 g/mol. The van der Waals surface area contributed by atoms with Gasteiger partial charge in [-0.1, -0.05) is 12.1 Å². The zero-order chi connectivity index (χ0) is 17.3. The maximum Gasteiger partial charge on any atom is 0.152 e. The van der Waals surface area contributed by atoms with Crippen molar-refractivity contribution in [2.75, 3.05) is 28.8 Å². The Labute approximate surface area is 142 Å². The highest BCUT2D eigenvalue weighted by molar-refractivity contribution is 7.91. The fourth-order valence-electron chi connectivity index (χ4n) is 2.90. The van der Waals surface area contributed by atoms with Crippen molar-refractivity contribution in [3.63, 3.8) is 0 Å². The summed E-state index contributed by atoms with van der Waals surface area (Å²) in [6.07, 6.45) is 2.14. The molecule has 24 heavy (non-hydrogen) atoms. The third-order valence-electron chi connectivity index (χ3n) is 4.64. The highest BCUT2D eigenvalue weighted by Crippen LogP contribution is 2.25. The van der Waals surface area contributed by atoms with Crippen molar-refractivity contribution in [2.45, 2.75) is 26.3 Å². The third-order valence-corrected chi connectivity index (χ3v) is 6.39. The molecule has 0 aliphatic carbocycles. The zero-order valence-electron chi connectivity index (χ0n) is 14.2. The van der Waals surface area contributed by atoms with E-state index in [-0.39, 0.29) is 17.5 Å². The van der Waals surface area contributed by atoms with Crippen LogP contribution in [0.3, 0.4) is 0 Å². The van der Waals surface area contributed by atoms with Crippen molar-refractivity contribution in [1.82, 2.24) is 9.97 Å². The average Bonchev–Trinajstić information content (AvgIpc) is 2.91. The quantitative estimate of drug-likeness (QED) is 0.916. The molecule has 1 aromatic carbocycles. The Kier molecular flexibility index (Phi) is 4.45. The molecular weight excluding hydrogens is 324 g/mol. The van der Waals surface area contributed by atoms with E-state index in [0.29, 0.717) is 12.2 Å². The predicted octanol–water partition coefficient (Wildman–Crippen LogP) is 2.46. The monoisotopic (exact) mass is 346 g/mol. The predicted molar refractivity (Wildman–Crippen MR) is 96.7 cm³/mol. The van der Waals surface area contributed by atoms with Gasteiger partial charge >= 0.3 is 0 Å². The van der Waals surface area contributed by atoms with Gasteiger partial charge in [0.15, 0.2) is 9.84 Å². The molecule has 1 aliphatic rings. The Balaban J connectivity index is 1.80. The van der Waals surface area contributed by atoms with E-state index in [0.717, 1.165) is 11.5 Å². The number of hydrogen-bond acceptors (Lipinski definition) is 6. The van der Waals surface area contributed by atoms with Crippen molar-refractivity contribution in [3.05, 3.63) is 41.7 Å². The van der Waals surface area contributed by atoms with Gasteiger partial charge < -0.3 is 10.2 Å². The number of sulfone groups is 1. The van der Waals surface area contributed by atoms with Gasteiger partial charge in [0, 0.05) is 24.8 Å². The van der Waals surface area contributed by atoms with Crippen molar-refractivity contribution >= 4 is 27.2 Å². The largest absolute Gasteiger partial charge is 0.355 e. The van der Waals surface area contributed by atoms with Crippen LogP contribution >= 0.6 is 0 Å². The van der Waals surface area contributed by atoms with Gasteiger partial charge in [0.25, 0.3) is 0 Å². The number of rotatable bonds is 4. The van der Waals surface area contributed by atoms with Gasteiger partial charge in [-0.25, -0.2) is 18.4 Å². The first-order valence-electron chi connectivity index (χ1n) is 7.94. The van der Waals surface area contributed by atoms with Gasteiger partial charge in [0.2, 0.25) is 0 Å². The molecule has 0 amide bonds. The molecule has 2 aromatic rings. The van der Waals surface area contributed by atoms with Crippen molar-refractivity contribution in [3.8, 4) is 0 Å². The number of hydrogen-bond donors (Lipinski definition) is 1. The van der Waals surface area contributed by atoms with Gasteiger partial charge in [-0.2, -0.15) is 0 Å². The smallest absolute Gasteiger partial charge is 0.152 e. The fourth-order valence-corrected chi connectivity index (χ4v) is 4.68. The van der Waals surface area contributed by atoms with Crippen LogP contribution in [0.2, 0.25) is 0 Å². The molecule has 1 aliphatic heterocycles. The normalized spacial score (nSPS) is 19.2. The van der Waals surface area contributed by atoms with Gasteiger partial charge in [-0.05, 0) is 37.5 Å². The van der Waals surface area contributed by atoms with Crippen molar-refractivity contribution in [1.29, 1.82) is 0 Å². The molecule has 1 aromatic heterocycles. The molecule has 2 heterocycles. The summed E-state index contributed by atoms with van der Waals surface area (Å²) in [5.41, 5.74) is 3.39. The molecule has 1 unspecified atom stereocenters. The van der Waals surface area contributed by atoms with Gasteiger partial charge in [-0.3, -0.25) is 0 Å². The minimum atomic E-state index is -2.92. The lowest BCUT2D eigenvalue weighted by atomic mass is 10.1. The second-order valence-corrected chi connectivity index (χ2v) is 8.53. The lowest BCUT2D eigenvalue weighted by molar-refractivity contribution is 0.600. The van der Waals surface area contributed by atoms with E-state index >= 15 is 0 Å². The topological polar surface area (TPSA) is 75.2 Å². The minimum absolute atomic E-state index is 0.0292. The highest BCUT2D eigenvalue weighted by atomic mass is 32.2. The summed E-state index contributed by atoms with van der Waals surface area (Å²) in [5, 5.41) is 3.32. The van der Waals surface area contributed by atoms with Crippen molar-refractivity contribution in [2.24, 2.45) is 0 Å². The molecule has 1 N–H and O–H groups in total. The molecule has 128 valence electrons. The Hall–Kier alpha value is -2.15. The summed E-state index contributed by atoms with van der Waals surface area (Å²) in [4.78, 5) is 10.5. The summed E-state index contributed by atoms with van der Waals surface area (Å²) in [6, 6.07) is 7.91. The van der Waals surface area contributed by atoms with E-state index in [1.165, 1.54) is 17.5 Å². The summed E-state index contributed by atoms with van der Waals surface area (Å²) in [7, 11) is -1.03. The van der Waals surface area contributed by atoms with E-state index in [2.05, 4.69) is 35.2 Å². The molecule has 0 radical (unpaired) electrons. The third kappa shape index (κ3) is 3.51.